The first kappa shape index (κ1) is 44.7. The van der Waals surface area contributed by atoms with Crippen molar-refractivity contribution >= 4 is 17.6 Å². The van der Waals surface area contributed by atoms with Gasteiger partial charge in [0.05, 0.1) is 13.0 Å². The molecule has 1 unspecified atom stereocenters. The van der Waals surface area contributed by atoms with Crippen LogP contribution in [-0.4, -0.2) is 89.0 Å². The molecular formula is C18H7ClF26O2. The molecule has 0 fully saturated rings. The van der Waals surface area contributed by atoms with Gasteiger partial charge in [0.25, 0.3) is 0 Å². The molecule has 0 aliphatic rings. The molecule has 0 aliphatic heterocycles. The molecule has 0 spiro atoms. The summed E-state index contributed by atoms with van der Waals surface area (Å²) < 4.78 is 356. The molecule has 0 rings (SSSR count). The summed E-state index contributed by atoms with van der Waals surface area (Å²) in [5, 5.41) is -7.73. The molecule has 0 aliphatic carbocycles. The first-order valence-electron chi connectivity index (χ1n) is 10.3. The summed E-state index contributed by atoms with van der Waals surface area (Å²) in [6.45, 7) is 0.263. The van der Waals surface area contributed by atoms with E-state index in [1.54, 1.807) is 0 Å². The Balaban J connectivity index is 7.38. The smallest absolute Gasteiger partial charge is 0.436 e. The van der Waals surface area contributed by atoms with E-state index in [9.17, 15) is 119 Å². The lowest BCUT2D eigenvalue weighted by Crippen LogP contribution is -2.79. The molecule has 0 aromatic carbocycles. The average Bonchev–Trinajstić information content (AvgIpc) is 2.85. The van der Waals surface area contributed by atoms with Crippen LogP contribution >= 0.6 is 11.6 Å². The van der Waals surface area contributed by atoms with Crippen LogP contribution in [0.5, 0.6) is 0 Å². The second-order valence-corrected chi connectivity index (χ2v) is 9.12. The maximum absolute atomic E-state index is 13.8. The van der Waals surface area contributed by atoms with Gasteiger partial charge in [-0.15, -0.1) is 0 Å². The number of alkyl halides is 27. The second-order valence-electron chi connectivity index (χ2n) is 8.65. The third-order valence-electron chi connectivity index (χ3n) is 5.66. The van der Waals surface area contributed by atoms with Crippen LogP contribution < -0.4 is 0 Å². The van der Waals surface area contributed by atoms with E-state index in [1.165, 1.54) is 0 Å². The molecule has 47 heavy (non-hydrogen) atoms. The Morgan fingerprint density at radius 3 is 0.979 bits per heavy atom. The largest absolute Gasteiger partial charge is 0.462 e. The van der Waals surface area contributed by atoms with Crippen LogP contribution in [0.4, 0.5) is 114 Å². The van der Waals surface area contributed by atoms with Crippen molar-refractivity contribution in [3.8, 4) is 0 Å². The summed E-state index contributed by atoms with van der Waals surface area (Å²) in [6, 6.07) is 0. The Bertz CT molecular complexity index is 1150. The average molecular weight is 785 g/mol. The number of hydrogen-bond donors (Lipinski definition) is 0. The van der Waals surface area contributed by atoms with Crippen molar-refractivity contribution in [1.82, 2.24) is 0 Å². The molecule has 2 nitrogen and oxygen atoms in total. The molecule has 0 bridgehead atoms. The van der Waals surface area contributed by atoms with Crippen molar-refractivity contribution in [2.75, 3.05) is 6.61 Å². The van der Waals surface area contributed by atoms with Gasteiger partial charge in [0.15, 0.2) is 0 Å². The fourth-order valence-electron chi connectivity index (χ4n) is 2.84. The van der Waals surface area contributed by atoms with E-state index in [-0.39, 0.29) is 6.08 Å². The van der Waals surface area contributed by atoms with Crippen LogP contribution in [0.2, 0.25) is 0 Å². The van der Waals surface area contributed by atoms with E-state index in [0.717, 1.165) is 0 Å². The van der Waals surface area contributed by atoms with E-state index in [2.05, 4.69) is 22.9 Å². The van der Waals surface area contributed by atoms with Gasteiger partial charge in [0.1, 0.15) is 0 Å². The quantitative estimate of drug-likeness (QED) is 0.0716. The monoisotopic (exact) mass is 784 g/mol. The lowest BCUT2D eigenvalue weighted by molar-refractivity contribution is -0.480. The van der Waals surface area contributed by atoms with Gasteiger partial charge in [-0.3, -0.25) is 0 Å². The molecule has 0 aromatic rings. The Hall–Kier alpha value is -2.32. The van der Waals surface area contributed by atoms with Gasteiger partial charge in [0.2, 0.25) is 0 Å². The zero-order chi connectivity index (χ0) is 38.9. The highest BCUT2D eigenvalue weighted by Gasteiger charge is 3.00. The molecule has 0 radical (unpaired) electrons. The number of hydrogen-bond acceptors (Lipinski definition) is 2. The van der Waals surface area contributed by atoms with Gasteiger partial charge in [0, 0.05) is 6.08 Å². The zero-order valence-electron chi connectivity index (χ0n) is 20.7. The van der Waals surface area contributed by atoms with Gasteiger partial charge >= 0.3 is 82.4 Å². The molecule has 0 saturated carbocycles. The number of halogens is 27. The molecule has 0 N–H and O–H groups in total. The van der Waals surface area contributed by atoms with E-state index in [0.29, 0.717) is 0 Å². The molecule has 0 heterocycles. The van der Waals surface area contributed by atoms with Crippen molar-refractivity contribution in [2.45, 2.75) is 82.9 Å². The van der Waals surface area contributed by atoms with Crippen LogP contribution in [0.1, 0.15) is 6.42 Å². The van der Waals surface area contributed by atoms with E-state index in [1.807, 2.05) is 0 Å². The summed E-state index contributed by atoms with van der Waals surface area (Å²) in [5.74, 6) is -93.4. The van der Waals surface area contributed by atoms with Crippen LogP contribution in [0.25, 0.3) is 0 Å². The van der Waals surface area contributed by atoms with Gasteiger partial charge in [-0.1, -0.05) is 6.58 Å². The van der Waals surface area contributed by atoms with Gasteiger partial charge in [-0.05, 0) is 11.6 Å². The molecule has 0 aromatic heterocycles. The number of carbonyl (C=O) groups excluding carboxylic acids is 1. The number of ether oxygens (including phenoxy) is 1. The third-order valence-corrected chi connectivity index (χ3v) is 5.92. The van der Waals surface area contributed by atoms with Crippen molar-refractivity contribution in [3.05, 3.63) is 12.7 Å². The van der Waals surface area contributed by atoms with Crippen molar-refractivity contribution in [3.63, 3.8) is 0 Å². The van der Waals surface area contributed by atoms with Crippen molar-refractivity contribution < 1.29 is 124 Å². The van der Waals surface area contributed by atoms with Gasteiger partial charge in [-0.25, -0.2) is 9.18 Å². The lowest BCUT2D eigenvalue weighted by atomic mass is 9.82. The van der Waals surface area contributed by atoms with Gasteiger partial charge in [-0.2, -0.15) is 110 Å². The van der Waals surface area contributed by atoms with Crippen LogP contribution in [0.15, 0.2) is 12.7 Å². The second kappa shape index (κ2) is 11.6. The molecule has 0 amide bonds. The van der Waals surface area contributed by atoms with Crippen LogP contribution in [0.3, 0.4) is 0 Å². The fraction of sp³-hybridized carbons (Fsp3) is 0.833. The highest BCUT2D eigenvalue weighted by atomic mass is 35.5. The Labute approximate surface area is 244 Å². The predicted octanol–water partition coefficient (Wildman–Crippen LogP) is 9.56. The number of rotatable bonds is 15. The van der Waals surface area contributed by atoms with E-state index < -0.39 is 95.4 Å². The highest BCUT2D eigenvalue weighted by Crippen LogP contribution is 2.69. The van der Waals surface area contributed by atoms with Crippen molar-refractivity contribution in [2.24, 2.45) is 0 Å². The maximum Gasteiger partial charge on any atom is 0.436 e. The molecule has 280 valence electrons. The molecular weight excluding hydrogens is 778 g/mol. The van der Waals surface area contributed by atoms with E-state index in [4.69, 9.17) is 0 Å². The predicted molar refractivity (Wildman–Crippen MR) is 95.9 cm³/mol. The SMILES string of the molecule is C=CC(=O)OCCC(F)(F)C(F)(F)C(F)(F)C(F)(F)C(F)(F)C(F)(F)C(F)(F)C(F)(F)C(F)(F)C(F)(F)C(F)(C(F)(F)F)C(F)(F)Cl. The van der Waals surface area contributed by atoms with Gasteiger partial charge < -0.3 is 4.74 Å². The standard InChI is InChI=1S/C18H7ClF26O2/c1-2-5(46)47-4-3-6(20,21)8(23,24)10(27,28)12(31,32)14(35,36)16(39,40)15(37,38)13(33,34)11(29,30)9(25,26)7(22,17(19,41)42)18(43,44)45/h2H,1,3-4H2. The number of carbonyl (C=O) groups is 1. The first-order valence-corrected chi connectivity index (χ1v) is 10.7. The third kappa shape index (κ3) is 5.77. The summed E-state index contributed by atoms with van der Waals surface area (Å²) in [5.41, 5.74) is -8.81. The Kier molecular flexibility index (Phi) is 11.1. The molecule has 29 heteroatoms. The Morgan fingerprint density at radius 1 is 0.489 bits per heavy atom. The molecule has 0 saturated heterocycles. The summed E-state index contributed by atoms with van der Waals surface area (Å²) in [4.78, 5) is 10.6. The Morgan fingerprint density at radius 2 is 0.745 bits per heavy atom. The number of esters is 1. The minimum absolute atomic E-state index is 0.0227. The highest BCUT2D eigenvalue weighted by molar-refractivity contribution is 6.22. The van der Waals surface area contributed by atoms with Crippen LogP contribution in [-0.2, 0) is 9.53 Å². The first-order chi connectivity index (χ1) is 20.0. The minimum atomic E-state index is -9.78. The summed E-state index contributed by atoms with van der Waals surface area (Å²) in [7, 11) is 0. The normalized spacial score (nSPS) is 17.3. The summed E-state index contributed by atoms with van der Waals surface area (Å²) in [6.07, 6.45) is -11.6. The lowest BCUT2D eigenvalue weighted by Gasteiger charge is -2.47. The fourth-order valence-corrected chi connectivity index (χ4v) is 3.06. The zero-order valence-corrected chi connectivity index (χ0v) is 21.5. The molecule has 1 atom stereocenters. The van der Waals surface area contributed by atoms with Crippen LogP contribution in [0, 0.1) is 0 Å². The van der Waals surface area contributed by atoms with Crippen molar-refractivity contribution in [1.29, 1.82) is 0 Å². The minimum Gasteiger partial charge on any atom is -0.462 e. The van der Waals surface area contributed by atoms with E-state index >= 15 is 0 Å². The summed E-state index contributed by atoms with van der Waals surface area (Å²) >= 11 is 3.20. The topological polar surface area (TPSA) is 26.3 Å². The maximum atomic E-state index is 13.8.